The van der Waals surface area contributed by atoms with E-state index >= 15 is 0 Å². The molecule has 34 heavy (non-hydrogen) atoms. The predicted octanol–water partition coefficient (Wildman–Crippen LogP) is 8.02. The van der Waals surface area contributed by atoms with Crippen LogP contribution in [0.2, 0.25) is 0 Å². The van der Waals surface area contributed by atoms with Crippen LogP contribution in [0.25, 0.3) is 22.0 Å². The van der Waals surface area contributed by atoms with Gasteiger partial charge in [0.05, 0.1) is 0 Å². The fourth-order valence-electron chi connectivity index (χ4n) is 3.31. The summed E-state index contributed by atoms with van der Waals surface area (Å²) >= 11 is 0. The SMILES string of the molecule is CC(C)(C)C(=O)/C=C(\O)C(C)(C)C.Cc1[c-]c(-c2ncc3ccccc3c2C)c(C)c(C)c1.[Ir]. The molecular formula is C30H38IrNO2-. The predicted molar refractivity (Wildman–Crippen MR) is 140 cm³/mol. The van der Waals surface area contributed by atoms with Crippen molar-refractivity contribution in [2.24, 2.45) is 10.8 Å². The second-order valence-corrected chi connectivity index (χ2v) is 10.8. The normalized spacial score (nSPS) is 12.0. The Balaban J connectivity index is 0.000000364. The number of aliphatic hydroxyl groups excluding tert-OH is 1. The summed E-state index contributed by atoms with van der Waals surface area (Å²) < 4.78 is 0. The van der Waals surface area contributed by atoms with E-state index in [1.165, 1.54) is 33.5 Å². The Kier molecular flexibility index (Phi) is 9.99. The fourth-order valence-corrected chi connectivity index (χ4v) is 3.31. The standard InChI is InChI=1S/C19H18N.C11H20O2.Ir/c1-12-9-13(2)14(3)18(10-12)19-15(4)17-8-6-5-7-16(17)11-20-19;1-10(2,3)8(12)7-9(13)11(4,5)6;/h5-9,11H,1-4H3;7,12H,1-6H3;/q-1;;/b;8-7-;. The molecule has 3 nitrogen and oxygen atoms in total. The van der Waals surface area contributed by atoms with Crippen LogP contribution in [-0.2, 0) is 24.9 Å². The number of aryl methyl sites for hydroxylation is 3. The minimum Gasteiger partial charge on any atom is -0.512 e. The second-order valence-electron chi connectivity index (χ2n) is 10.8. The van der Waals surface area contributed by atoms with Crippen molar-refractivity contribution in [3.8, 4) is 11.3 Å². The van der Waals surface area contributed by atoms with Crippen molar-refractivity contribution in [3.63, 3.8) is 0 Å². The van der Waals surface area contributed by atoms with Gasteiger partial charge in [0.25, 0.3) is 0 Å². The molecule has 1 N–H and O–H groups in total. The topological polar surface area (TPSA) is 50.2 Å². The Bertz CT molecular complexity index is 1190. The number of aliphatic hydroxyl groups is 1. The number of hydrogen-bond acceptors (Lipinski definition) is 3. The van der Waals surface area contributed by atoms with E-state index in [2.05, 4.69) is 69.1 Å². The third kappa shape index (κ3) is 7.35. The molecule has 0 aliphatic carbocycles. The number of aromatic nitrogens is 1. The van der Waals surface area contributed by atoms with Crippen molar-refractivity contribution in [3.05, 3.63) is 76.7 Å². The molecular weight excluding hydrogens is 599 g/mol. The smallest absolute Gasteiger partial charge is 0.164 e. The number of nitrogens with zero attached hydrogens (tertiary/aromatic N) is 1. The number of fused-ring (bicyclic) bond motifs is 1. The van der Waals surface area contributed by atoms with E-state index < -0.39 is 5.41 Å². The number of benzene rings is 2. The minimum absolute atomic E-state index is 0. The van der Waals surface area contributed by atoms with Crippen molar-refractivity contribution in [1.29, 1.82) is 0 Å². The number of ketones is 1. The molecule has 0 aliphatic heterocycles. The average molecular weight is 637 g/mol. The molecule has 0 saturated carbocycles. The first-order chi connectivity index (χ1) is 15.1. The summed E-state index contributed by atoms with van der Waals surface area (Å²) in [6, 6.07) is 14.1. The van der Waals surface area contributed by atoms with Gasteiger partial charge >= 0.3 is 0 Å². The van der Waals surface area contributed by atoms with Crippen molar-refractivity contribution < 1.29 is 30.0 Å². The number of carbonyl (C=O) groups excluding carboxylic acids is 1. The molecule has 1 heterocycles. The molecule has 2 aromatic carbocycles. The maximum absolute atomic E-state index is 11.5. The van der Waals surface area contributed by atoms with Gasteiger partial charge in [-0.25, -0.2) is 0 Å². The van der Waals surface area contributed by atoms with Gasteiger partial charge in [-0.3, -0.25) is 4.79 Å². The van der Waals surface area contributed by atoms with E-state index in [-0.39, 0.29) is 37.1 Å². The molecule has 185 valence electrons. The molecule has 0 saturated heterocycles. The van der Waals surface area contributed by atoms with Gasteiger partial charge in [-0.05, 0) is 23.4 Å². The molecule has 3 aromatic rings. The third-order valence-electron chi connectivity index (χ3n) is 5.79. The van der Waals surface area contributed by atoms with Crippen LogP contribution in [0.3, 0.4) is 0 Å². The van der Waals surface area contributed by atoms with Gasteiger partial charge in [-0.2, -0.15) is 0 Å². The van der Waals surface area contributed by atoms with Crippen molar-refractivity contribution >= 4 is 16.6 Å². The van der Waals surface area contributed by atoms with E-state index in [1.807, 2.05) is 47.7 Å². The van der Waals surface area contributed by atoms with Crippen LogP contribution in [0.15, 0.2) is 48.4 Å². The molecule has 0 fully saturated rings. The van der Waals surface area contributed by atoms with E-state index in [1.54, 1.807) is 0 Å². The first kappa shape index (κ1) is 29.7. The van der Waals surface area contributed by atoms with Crippen LogP contribution in [0.4, 0.5) is 0 Å². The van der Waals surface area contributed by atoms with E-state index in [0.29, 0.717) is 0 Å². The van der Waals surface area contributed by atoms with Crippen molar-refractivity contribution in [2.45, 2.75) is 69.2 Å². The molecule has 1 radical (unpaired) electrons. The molecule has 3 rings (SSSR count). The Hall–Kier alpha value is -2.29. The van der Waals surface area contributed by atoms with Gasteiger partial charge in [0.1, 0.15) is 5.76 Å². The zero-order valence-electron chi connectivity index (χ0n) is 22.2. The summed E-state index contributed by atoms with van der Waals surface area (Å²) in [7, 11) is 0. The first-order valence-corrected chi connectivity index (χ1v) is 11.4. The van der Waals surface area contributed by atoms with Crippen molar-refractivity contribution in [1.82, 2.24) is 4.98 Å². The zero-order valence-corrected chi connectivity index (χ0v) is 24.6. The van der Waals surface area contributed by atoms with Crippen LogP contribution in [0, 0.1) is 44.6 Å². The second kappa shape index (κ2) is 11.4. The zero-order chi connectivity index (χ0) is 25.1. The Morgan fingerprint density at radius 3 is 2.09 bits per heavy atom. The van der Waals surface area contributed by atoms with Gasteiger partial charge in [0.15, 0.2) is 5.78 Å². The van der Waals surface area contributed by atoms with E-state index in [0.717, 1.165) is 16.8 Å². The van der Waals surface area contributed by atoms with Crippen molar-refractivity contribution in [2.75, 3.05) is 0 Å². The number of carbonyl (C=O) groups is 1. The van der Waals surface area contributed by atoms with Crippen LogP contribution in [0.1, 0.15) is 63.8 Å². The summed E-state index contributed by atoms with van der Waals surface area (Å²) in [5.74, 6) is 0.104. The molecule has 0 spiro atoms. The Morgan fingerprint density at radius 2 is 1.53 bits per heavy atom. The first-order valence-electron chi connectivity index (χ1n) is 11.4. The summed E-state index contributed by atoms with van der Waals surface area (Å²) in [6.45, 7) is 19.7. The summed E-state index contributed by atoms with van der Waals surface area (Å²) in [5, 5.41) is 12.0. The van der Waals surface area contributed by atoms with Gasteiger partial charge in [-0.1, -0.05) is 92.1 Å². The van der Waals surface area contributed by atoms with Gasteiger partial charge in [-0.15, -0.1) is 34.4 Å². The minimum atomic E-state index is -0.417. The largest absolute Gasteiger partial charge is 0.512 e. The third-order valence-corrected chi connectivity index (χ3v) is 5.79. The molecule has 0 amide bonds. The summed E-state index contributed by atoms with van der Waals surface area (Å²) in [5.41, 5.74) is 6.37. The monoisotopic (exact) mass is 637 g/mol. The maximum Gasteiger partial charge on any atom is 0.164 e. The quantitative estimate of drug-likeness (QED) is 0.176. The molecule has 0 atom stereocenters. The number of allylic oxidation sites excluding steroid dienone is 2. The van der Waals surface area contributed by atoms with Gasteiger partial charge in [0.2, 0.25) is 0 Å². The number of hydrogen-bond donors (Lipinski definition) is 1. The van der Waals surface area contributed by atoms with Crippen LogP contribution in [0.5, 0.6) is 0 Å². The molecule has 0 aliphatic rings. The molecule has 0 unspecified atom stereocenters. The molecule has 4 heteroatoms. The molecule has 0 bridgehead atoms. The average Bonchev–Trinajstić information content (AvgIpc) is 2.70. The summed E-state index contributed by atoms with van der Waals surface area (Å²) in [6.07, 6.45) is 3.29. The van der Waals surface area contributed by atoms with Gasteiger partial charge in [0, 0.05) is 43.2 Å². The van der Waals surface area contributed by atoms with Crippen LogP contribution < -0.4 is 0 Å². The number of pyridine rings is 1. The van der Waals surface area contributed by atoms with Gasteiger partial charge < -0.3 is 10.1 Å². The Labute approximate surface area is 219 Å². The van der Waals surface area contributed by atoms with E-state index in [4.69, 9.17) is 0 Å². The fraction of sp³-hybridized carbons (Fsp3) is 0.400. The summed E-state index contributed by atoms with van der Waals surface area (Å²) in [4.78, 5) is 16.2. The maximum atomic E-state index is 11.5. The molecule has 1 aromatic heterocycles. The van der Waals surface area contributed by atoms with Crippen LogP contribution in [-0.4, -0.2) is 15.9 Å². The Morgan fingerprint density at radius 1 is 0.941 bits per heavy atom. The van der Waals surface area contributed by atoms with E-state index in [9.17, 15) is 9.90 Å². The number of rotatable bonds is 2. The van der Waals surface area contributed by atoms with Crippen LogP contribution >= 0.6 is 0 Å².